The Labute approximate surface area is 134 Å². The second-order valence-corrected chi connectivity index (χ2v) is 7.26. The molecule has 1 N–H and O–H groups in total. The lowest BCUT2D eigenvalue weighted by Crippen LogP contribution is -2.13. The number of methoxy groups -OCH3 is 1. The molecule has 8 heteroatoms. The maximum absolute atomic E-state index is 12.7. The molecular formula is C15H18N2O5S. The number of carbonyl (C=O) groups is 1. The Balaban J connectivity index is 2.68. The van der Waals surface area contributed by atoms with Gasteiger partial charge in [0.25, 0.3) is 0 Å². The van der Waals surface area contributed by atoms with Crippen molar-refractivity contribution in [3.63, 3.8) is 0 Å². The average Bonchev–Trinajstić information content (AvgIpc) is 2.70. The van der Waals surface area contributed by atoms with Gasteiger partial charge in [0, 0.05) is 17.4 Å². The fourth-order valence-electron chi connectivity index (χ4n) is 2.50. The quantitative estimate of drug-likeness (QED) is 0.673. The normalized spacial score (nSPS) is 11.5. The van der Waals surface area contributed by atoms with E-state index in [4.69, 9.17) is 4.74 Å². The highest BCUT2D eigenvalue weighted by Gasteiger charge is 2.25. The lowest BCUT2D eigenvalue weighted by Gasteiger charge is -2.13. The van der Waals surface area contributed by atoms with Crippen LogP contribution in [0, 0.1) is 20.8 Å². The molecule has 0 aliphatic carbocycles. The first-order chi connectivity index (χ1) is 10.6. The largest absolute Gasteiger partial charge is 0.495 e. The molecule has 1 aromatic heterocycles. The summed E-state index contributed by atoms with van der Waals surface area (Å²) in [5.74, 6) is -0.0404. The Bertz CT molecular complexity index is 897. The number of aryl methyl sites for hydroxylation is 2. The molecule has 0 bridgehead atoms. The van der Waals surface area contributed by atoms with Gasteiger partial charge in [0.15, 0.2) is 15.5 Å². The summed E-state index contributed by atoms with van der Waals surface area (Å²) in [6.07, 6.45) is 1.07. The minimum Gasteiger partial charge on any atom is -0.495 e. The summed E-state index contributed by atoms with van der Waals surface area (Å²) in [5.41, 5.74) is 1.06. The Morgan fingerprint density at radius 2 is 1.87 bits per heavy atom. The predicted molar refractivity (Wildman–Crippen MR) is 83.2 cm³/mol. The first-order valence-corrected chi connectivity index (χ1v) is 8.66. The van der Waals surface area contributed by atoms with E-state index in [-0.39, 0.29) is 21.9 Å². The van der Waals surface area contributed by atoms with Crippen molar-refractivity contribution < 1.29 is 23.2 Å². The van der Waals surface area contributed by atoms with Crippen LogP contribution in [0.15, 0.2) is 17.0 Å². The molecule has 0 saturated carbocycles. The lowest BCUT2D eigenvalue weighted by molar-refractivity contribution is 0.0978. The van der Waals surface area contributed by atoms with Crippen molar-refractivity contribution in [3.8, 4) is 5.75 Å². The van der Waals surface area contributed by atoms with Crippen LogP contribution in [-0.4, -0.2) is 42.5 Å². The zero-order valence-electron chi connectivity index (χ0n) is 13.5. The molecule has 2 aromatic rings. The van der Waals surface area contributed by atoms with Gasteiger partial charge >= 0.3 is 0 Å². The van der Waals surface area contributed by atoms with Crippen LogP contribution in [0.4, 0.5) is 0 Å². The highest BCUT2D eigenvalue weighted by Crippen LogP contribution is 2.31. The molecule has 0 aliphatic heterocycles. The highest BCUT2D eigenvalue weighted by atomic mass is 32.2. The van der Waals surface area contributed by atoms with E-state index < -0.39 is 15.6 Å². The third-order valence-electron chi connectivity index (χ3n) is 3.62. The molecule has 1 heterocycles. The maximum atomic E-state index is 12.7. The first-order valence-electron chi connectivity index (χ1n) is 6.77. The van der Waals surface area contributed by atoms with Crippen LogP contribution in [0.25, 0.3) is 0 Å². The van der Waals surface area contributed by atoms with Gasteiger partial charge < -0.3 is 9.94 Å². The standard InChI is InChI=1S/C15H18N2O5S/c1-8-11(6-7-12(15(8)22-4)23(5,20)21)14(18)13-9(2)16-10(3)17(13)19/h6-7,19H,1-5H3. The molecular weight excluding hydrogens is 320 g/mol. The van der Waals surface area contributed by atoms with Gasteiger partial charge in [-0.15, -0.1) is 0 Å². The van der Waals surface area contributed by atoms with Crippen LogP contribution in [-0.2, 0) is 9.84 Å². The van der Waals surface area contributed by atoms with Crippen LogP contribution < -0.4 is 4.74 Å². The molecule has 0 aliphatic rings. The van der Waals surface area contributed by atoms with Gasteiger partial charge in [0.1, 0.15) is 16.5 Å². The fourth-order valence-corrected chi connectivity index (χ4v) is 3.39. The van der Waals surface area contributed by atoms with Gasteiger partial charge in [-0.3, -0.25) is 4.79 Å². The fraction of sp³-hybridized carbons (Fsp3) is 0.333. The van der Waals surface area contributed by atoms with Gasteiger partial charge in [0.2, 0.25) is 5.78 Å². The van der Waals surface area contributed by atoms with E-state index in [0.29, 0.717) is 17.1 Å². The van der Waals surface area contributed by atoms with Crippen LogP contribution >= 0.6 is 0 Å². The number of aromatic nitrogens is 2. The van der Waals surface area contributed by atoms with Crippen molar-refractivity contribution in [2.24, 2.45) is 0 Å². The molecule has 0 atom stereocenters. The van der Waals surface area contributed by atoms with Crippen LogP contribution in [0.5, 0.6) is 5.75 Å². The predicted octanol–water partition coefficient (Wildman–Crippen LogP) is 1.69. The summed E-state index contributed by atoms with van der Waals surface area (Å²) in [6.45, 7) is 4.79. The number of rotatable bonds is 4. The third kappa shape index (κ3) is 2.81. The topological polar surface area (TPSA) is 98.5 Å². The Kier molecular flexibility index (Phi) is 4.21. The Morgan fingerprint density at radius 3 is 2.30 bits per heavy atom. The van der Waals surface area contributed by atoms with Crippen molar-refractivity contribution in [2.45, 2.75) is 25.7 Å². The highest BCUT2D eigenvalue weighted by molar-refractivity contribution is 7.90. The minimum absolute atomic E-state index is 0.0134. The first kappa shape index (κ1) is 17.0. The van der Waals surface area contributed by atoms with E-state index in [2.05, 4.69) is 4.98 Å². The van der Waals surface area contributed by atoms with Crippen molar-refractivity contribution in [1.82, 2.24) is 9.71 Å². The number of ketones is 1. The van der Waals surface area contributed by atoms with E-state index in [1.807, 2.05) is 0 Å². The Morgan fingerprint density at radius 1 is 1.26 bits per heavy atom. The van der Waals surface area contributed by atoms with Crippen molar-refractivity contribution >= 4 is 15.6 Å². The molecule has 124 valence electrons. The van der Waals surface area contributed by atoms with Gasteiger partial charge in [-0.25, -0.2) is 13.4 Å². The molecule has 0 saturated heterocycles. The number of imidazole rings is 1. The van der Waals surface area contributed by atoms with Crippen LogP contribution in [0.1, 0.15) is 33.1 Å². The summed E-state index contributed by atoms with van der Waals surface area (Å²) in [6, 6.07) is 2.74. The molecule has 0 spiro atoms. The summed E-state index contributed by atoms with van der Waals surface area (Å²) >= 11 is 0. The lowest BCUT2D eigenvalue weighted by atomic mass is 10.0. The van der Waals surface area contributed by atoms with Gasteiger partial charge in [-0.1, -0.05) is 0 Å². The smallest absolute Gasteiger partial charge is 0.215 e. The van der Waals surface area contributed by atoms with E-state index in [9.17, 15) is 18.4 Å². The molecule has 0 radical (unpaired) electrons. The Hall–Kier alpha value is -2.35. The summed E-state index contributed by atoms with van der Waals surface area (Å²) < 4.78 is 29.5. The second-order valence-electron chi connectivity index (χ2n) is 5.28. The van der Waals surface area contributed by atoms with Gasteiger partial charge in [-0.2, -0.15) is 4.73 Å². The van der Waals surface area contributed by atoms with E-state index in [0.717, 1.165) is 11.0 Å². The average molecular weight is 338 g/mol. The third-order valence-corrected chi connectivity index (χ3v) is 4.74. The maximum Gasteiger partial charge on any atom is 0.215 e. The summed E-state index contributed by atoms with van der Waals surface area (Å²) in [5, 5.41) is 9.96. The second kappa shape index (κ2) is 5.69. The number of nitrogens with zero attached hydrogens (tertiary/aromatic N) is 2. The SMILES string of the molecule is COc1c(S(C)(=O)=O)ccc(C(=O)c2c(C)nc(C)n2O)c1C. The van der Waals surface area contributed by atoms with E-state index >= 15 is 0 Å². The summed E-state index contributed by atoms with van der Waals surface area (Å²) in [4.78, 5) is 16.8. The van der Waals surface area contributed by atoms with E-state index in [1.54, 1.807) is 20.8 Å². The zero-order chi connectivity index (χ0) is 17.5. The van der Waals surface area contributed by atoms with Crippen LogP contribution in [0.3, 0.4) is 0 Å². The van der Waals surface area contributed by atoms with Crippen LogP contribution in [0.2, 0.25) is 0 Å². The number of benzene rings is 1. The van der Waals surface area contributed by atoms with Gasteiger partial charge in [0.05, 0.1) is 12.8 Å². The van der Waals surface area contributed by atoms with Crippen molar-refractivity contribution in [3.05, 3.63) is 40.5 Å². The monoisotopic (exact) mass is 338 g/mol. The molecule has 23 heavy (non-hydrogen) atoms. The molecule has 0 unspecified atom stereocenters. The molecule has 1 aromatic carbocycles. The number of hydrogen-bond acceptors (Lipinski definition) is 6. The molecule has 0 fully saturated rings. The molecule has 0 amide bonds. The number of ether oxygens (including phenoxy) is 1. The summed E-state index contributed by atoms with van der Waals surface area (Å²) in [7, 11) is -2.15. The zero-order valence-corrected chi connectivity index (χ0v) is 14.4. The number of hydrogen-bond donors (Lipinski definition) is 1. The number of carbonyl (C=O) groups excluding carboxylic acids is 1. The van der Waals surface area contributed by atoms with Crippen molar-refractivity contribution in [2.75, 3.05) is 13.4 Å². The van der Waals surface area contributed by atoms with Crippen molar-refractivity contribution in [1.29, 1.82) is 0 Å². The van der Waals surface area contributed by atoms with E-state index in [1.165, 1.54) is 19.2 Å². The molecule has 7 nitrogen and oxygen atoms in total. The number of sulfone groups is 1. The van der Waals surface area contributed by atoms with Gasteiger partial charge in [-0.05, 0) is 32.9 Å². The molecule has 2 rings (SSSR count). The minimum atomic E-state index is -3.49.